The van der Waals surface area contributed by atoms with Gasteiger partial charge in [0.05, 0.1) is 5.56 Å². The molecule has 0 saturated heterocycles. The van der Waals surface area contributed by atoms with Crippen LogP contribution in [-0.4, -0.2) is 30.1 Å². The first kappa shape index (κ1) is 15.5. The molecule has 21 heavy (non-hydrogen) atoms. The summed E-state index contributed by atoms with van der Waals surface area (Å²) >= 11 is 0. The van der Waals surface area contributed by atoms with Crippen LogP contribution in [-0.2, 0) is 11.2 Å². The third kappa shape index (κ3) is 3.42. The zero-order valence-corrected chi connectivity index (χ0v) is 12.3. The molecule has 3 N–H and O–H groups in total. The van der Waals surface area contributed by atoms with E-state index in [2.05, 4.69) is 0 Å². The number of rotatable bonds is 5. The van der Waals surface area contributed by atoms with Gasteiger partial charge in [0.2, 0.25) is 5.91 Å². The zero-order valence-electron chi connectivity index (χ0n) is 12.3. The second-order valence-electron chi connectivity index (χ2n) is 5.64. The molecule has 1 amide bonds. The maximum atomic E-state index is 12.4. The summed E-state index contributed by atoms with van der Waals surface area (Å²) in [5.41, 5.74) is 7.41. The van der Waals surface area contributed by atoms with Crippen LogP contribution in [0.1, 0.15) is 42.1 Å². The molecule has 5 heteroatoms. The summed E-state index contributed by atoms with van der Waals surface area (Å²) in [5, 5.41) is 9.26. The van der Waals surface area contributed by atoms with Crippen molar-refractivity contribution >= 4 is 17.6 Å². The first-order chi connectivity index (χ1) is 10.0. The number of anilines is 1. The van der Waals surface area contributed by atoms with Gasteiger partial charge in [-0.1, -0.05) is 13.0 Å². The predicted octanol–water partition coefficient (Wildman–Crippen LogP) is 2.04. The van der Waals surface area contributed by atoms with Crippen molar-refractivity contribution in [3.8, 4) is 0 Å². The van der Waals surface area contributed by atoms with Crippen LogP contribution in [0.3, 0.4) is 0 Å². The zero-order chi connectivity index (χ0) is 15.4. The van der Waals surface area contributed by atoms with Crippen LogP contribution in [0.25, 0.3) is 0 Å². The molecule has 0 aliphatic carbocycles. The maximum absolute atomic E-state index is 12.4. The van der Waals surface area contributed by atoms with E-state index in [-0.39, 0.29) is 5.91 Å². The topological polar surface area (TPSA) is 83.6 Å². The third-order valence-electron chi connectivity index (χ3n) is 4.04. The van der Waals surface area contributed by atoms with E-state index in [0.717, 1.165) is 24.1 Å². The number of aromatic carboxylic acids is 1. The molecule has 0 aromatic heterocycles. The largest absolute Gasteiger partial charge is 0.478 e. The van der Waals surface area contributed by atoms with Crippen LogP contribution in [0.2, 0.25) is 0 Å². The highest BCUT2D eigenvalue weighted by molar-refractivity contribution is 5.98. The maximum Gasteiger partial charge on any atom is 0.336 e. The number of carboxylic acids is 1. The molecule has 0 bridgehead atoms. The Balaban J connectivity index is 2.20. The molecule has 114 valence electrons. The average molecular weight is 290 g/mol. The summed E-state index contributed by atoms with van der Waals surface area (Å²) in [5.74, 6) is -0.555. The standard InChI is InChI=1S/C16H22N2O3/c1-11(10-17)7-8-15(19)18-9-3-5-12-13(16(20)21)4-2-6-14(12)18/h2,4,6,11H,3,5,7-10,17H2,1H3,(H,20,21). The normalized spacial score (nSPS) is 15.4. The molecule has 0 radical (unpaired) electrons. The van der Waals surface area contributed by atoms with Gasteiger partial charge >= 0.3 is 5.97 Å². The Morgan fingerprint density at radius 2 is 2.19 bits per heavy atom. The first-order valence-corrected chi connectivity index (χ1v) is 7.40. The Labute approximate surface area is 124 Å². The molecule has 2 rings (SSSR count). The molecule has 1 aromatic carbocycles. The highest BCUT2D eigenvalue weighted by Crippen LogP contribution is 2.30. The number of carboxylic acid groups (broad SMARTS) is 1. The lowest BCUT2D eigenvalue weighted by atomic mass is 9.95. The predicted molar refractivity (Wildman–Crippen MR) is 81.5 cm³/mol. The molecular weight excluding hydrogens is 268 g/mol. The number of amides is 1. The van der Waals surface area contributed by atoms with E-state index in [1.165, 1.54) is 0 Å². The van der Waals surface area contributed by atoms with Gasteiger partial charge in [0.15, 0.2) is 0 Å². The monoisotopic (exact) mass is 290 g/mol. The van der Waals surface area contributed by atoms with Crippen molar-refractivity contribution in [2.45, 2.75) is 32.6 Å². The van der Waals surface area contributed by atoms with Gasteiger partial charge in [-0.15, -0.1) is 0 Å². The van der Waals surface area contributed by atoms with E-state index in [9.17, 15) is 14.7 Å². The fraction of sp³-hybridized carbons (Fsp3) is 0.500. The lowest BCUT2D eigenvalue weighted by molar-refractivity contribution is -0.119. The Morgan fingerprint density at radius 1 is 1.43 bits per heavy atom. The molecule has 1 aromatic rings. The fourth-order valence-electron chi connectivity index (χ4n) is 2.71. The molecule has 1 aliphatic rings. The Bertz CT molecular complexity index is 542. The van der Waals surface area contributed by atoms with Gasteiger partial charge in [0.1, 0.15) is 0 Å². The second-order valence-corrected chi connectivity index (χ2v) is 5.64. The minimum atomic E-state index is -0.932. The van der Waals surface area contributed by atoms with Crippen LogP contribution >= 0.6 is 0 Å². The number of nitrogens with zero attached hydrogens (tertiary/aromatic N) is 1. The quantitative estimate of drug-likeness (QED) is 0.869. The van der Waals surface area contributed by atoms with Crippen molar-refractivity contribution in [2.24, 2.45) is 11.7 Å². The van der Waals surface area contributed by atoms with Gasteiger partial charge < -0.3 is 15.7 Å². The molecule has 0 saturated carbocycles. The summed E-state index contributed by atoms with van der Waals surface area (Å²) in [7, 11) is 0. The van der Waals surface area contributed by atoms with Crippen LogP contribution in [0.5, 0.6) is 0 Å². The fourth-order valence-corrected chi connectivity index (χ4v) is 2.71. The first-order valence-electron chi connectivity index (χ1n) is 7.40. The van der Waals surface area contributed by atoms with Crippen molar-refractivity contribution < 1.29 is 14.7 Å². The molecule has 0 fully saturated rings. The summed E-state index contributed by atoms with van der Waals surface area (Å²) in [6, 6.07) is 5.15. The van der Waals surface area contributed by atoms with E-state index in [1.54, 1.807) is 17.0 Å². The smallest absolute Gasteiger partial charge is 0.336 e. The van der Waals surface area contributed by atoms with Crippen molar-refractivity contribution in [3.63, 3.8) is 0 Å². The molecular formula is C16H22N2O3. The Morgan fingerprint density at radius 3 is 2.86 bits per heavy atom. The van der Waals surface area contributed by atoms with E-state index < -0.39 is 5.97 Å². The number of carbonyl (C=O) groups excluding carboxylic acids is 1. The highest BCUT2D eigenvalue weighted by atomic mass is 16.4. The molecule has 0 spiro atoms. The summed E-state index contributed by atoms with van der Waals surface area (Å²) in [4.78, 5) is 25.4. The van der Waals surface area contributed by atoms with Gasteiger partial charge in [-0.25, -0.2) is 4.79 Å². The molecule has 5 nitrogen and oxygen atoms in total. The summed E-state index contributed by atoms with van der Waals surface area (Å²) in [6.07, 6.45) is 2.73. The SMILES string of the molecule is CC(CN)CCC(=O)N1CCCc2c(C(=O)O)cccc21. The molecule has 1 unspecified atom stereocenters. The van der Waals surface area contributed by atoms with E-state index in [0.29, 0.717) is 37.4 Å². The minimum Gasteiger partial charge on any atom is -0.478 e. The van der Waals surface area contributed by atoms with Crippen LogP contribution < -0.4 is 10.6 Å². The number of hydrogen-bond acceptors (Lipinski definition) is 3. The van der Waals surface area contributed by atoms with E-state index in [4.69, 9.17) is 5.73 Å². The van der Waals surface area contributed by atoms with Crippen molar-refractivity contribution in [1.82, 2.24) is 0 Å². The van der Waals surface area contributed by atoms with Gasteiger partial charge in [-0.3, -0.25) is 4.79 Å². The number of hydrogen-bond donors (Lipinski definition) is 2. The Kier molecular flexibility index (Phi) is 4.96. The van der Waals surface area contributed by atoms with Gasteiger partial charge in [0.25, 0.3) is 0 Å². The van der Waals surface area contributed by atoms with Gasteiger partial charge in [-0.2, -0.15) is 0 Å². The number of benzene rings is 1. The summed E-state index contributed by atoms with van der Waals surface area (Å²) in [6.45, 7) is 3.26. The van der Waals surface area contributed by atoms with Crippen molar-refractivity contribution in [3.05, 3.63) is 29.3 Å². The molecule has 1 heterocycles. The van der Waals surface area contributed by atoms with E-state index in [1.807, 2.05) is 13.0 Å². The summed E-state index contributed by atoms with van der Waals surface area (Å²) < 4.78 is 0. The van der Waals surface area contributed by atoms with Crippen LogP contribution in [0, 0.1) is 5.92 Å². The van der Waals surface area contributed by atoms with E-state index >= 15 is 0 Å². The van der Waals surface area contributed by atoms with Crippen LogP contribution in [0.15, 0.2) is 18.2 Å². The lowest BCUT2D eigenvalue weighted by Crippen LogP contribution is -2.36. The van der Waals surface area contributed by atoms with Crippen molar-refractivity contribution in [1.29, 1.82) is 0 Å². The lowest BCUT2D eigenvalue weighted by Gasteiger charge is -2.30. The van der Waals surface area contributed by atoms with Crippen molar-refractivity contribution in [2.75, 3.05) is 18.0 Å². The minimum absolute atomic E-state index is 0.0544. The second kappa shape index (κ2) is 6.72. The number of fused-ring (bicyclic) bond motifs is 1. The number of nitrogens with two attached hydrogens (primary N) is 1. The molecule has 1 aliphatic heterocycles. The average Bonchev–Trinajstić information content (AvgIpc) is 2.50. The van der Waals surface area contributed by atoms with Gasteiger partial charge in [-0.05, 0) is 49.4 Å². The molecule has 1 atom stereocenters. The highest BCUT2D eigenvalue weighted by Gasteiger charge is 2.25. The van der Waals surface area contributed by atoms with Crippen LogP contribution in [0.4, 0.5) is 5.69 Å². The number of carbonyl (C=O) groups is 2. The third-order valence-corrected chi connectivity index (χ3v) is 4.04. The Hall–Kier alpha value is -1.88. The van der Waals surface area contributed by atoms with Gasteiger partial charge in [0, 0.05) is 18.7 Å².